The molecular formula is C21H21N3O2. The third-order valence-corrected chi connectivity index (χ3v) is 4.23. The van der Waals surface area contributed by atoms with Gasteiger partial charge in [-0.1, -0.05) is 48.5 Å². The molecule has 1 aromatic heterocycles. The number of anilines is 1. The number of benzene rings is 2. The van der Waals surface area contributed by atoms with E-state index in [4.69, 9.17) is 0 Å². The minimum absolute atomic E-state index is 0.219. The first-order chi connectivity index (χ1) is 12.6. The Morgan fingerprint density at radius 1 is 1.00 bits per heavy atom. The normalized spacial score (nSPS) is 10.5. The quantitative estimate of drug-likeness (QED) is 0.712. The van der Waals surface area contributed by atoms with Crippen molar-refractivity contribution in [1.82, 2.24) is 9.78 Å². The predicted octanol–water partition coefficient (Wildman–Crippen LogP) is 3.27. The number of carbonyl (C=O) groups excluding carboxylic acids is 1. The van der Waals surface area contributed by atoms with Gasteiger partial charge in [-0.25, -0.2) is 4.68 Å². The molecule has 3 rings (SSSR count). The molecule has 0 radical (unpaired) electrons. The Kier molecular flexibility index (Phi) is 5.27. The first kappa shape index (κ1) is 17.6. The topological polar surface area (TPSA) is 55.2 Å². The van der Waals surface area contributed by atoms with Gasteiger partial charge in [-0.15, -0.1) is 0 Å². The molecule has 0 saturated heterocycles. The van der Waals surface area contributed by atoms with Crippen LogP contribution in [0.3, 0.4) is 0 Å². The van der Waals surface area contributed by atoms with Crippen molar-refractivity contribution in [3.05, 3.63) is 93.9 Å². The molecule has 0 bridgehead atoms. The summed E-state index contributed by atoms with van der Waals surface area (Å²) in [5, 5.41) is 4.30. The second-order valence-corrected chi connectivity index (χ2v) is 6.04. The highest BCUT2D eigenvalue weighted by atomic mass is 16.2. The first-order valence-electron chi connectivity index (χ1n) is 8.59. The van der Waals surface area contributed by atoms with Gasteiger partial charge in [0.2, 0.25) is 0 Å². The van der Waals surface area contributed by atoms with Gasteiger partial charge in [-0.3, -0.25) is 9.59 Å². The summed E-state index contributed by atoms with van der Waals surface area (Å²) in [5.41, 5.74) is 2.84. The number of nitrogens with zero attached hydrogens (tertiary/aromatic N) is 3. The molecule has 0 aliphatic heterocycles. The summed E-state index contributed by atoms with van der Waals surface area (Å²) in [6, 6.07) is 20.2. The molecule has 0 aliphatic carbocycles. The highest BCUT2D eigenvalue weighted by Crippen LogP contribution is 2.20. The molecule has 0 spiro atoms. The lowest BCUT2D eigenvalue weighted by Crippen LogP contribution is -2.34. The van der Waals surface area contributed by atoms with Crippen molar-refractivity contribution in [2.24, 2.45) is 0 Å². The van der Waals surface area contributed by atoms with Crippen LogP contribution in [0.5, 0.6) is 0 Å². The van der Waals surface area contributed by atoms with E-state index in [0.717, 1.165) is 16.8 Å². The maximum atomic E-state index is 13.0. The predicted molar refractivity (Wildman–Crippen MR) is 103 cm³/mol. The molecular weight excluding hydrogens is 326 g/mol. The highest BCUT2D eigenvalue weighted by molar-refractivity contribution is 6.05. The van der Waals surface area contributed by atoms with E-state index in [1.54, 1.807) is 4.90 Å². The Morgan fingerprint density at radius 3 is 2.38 bits per heavy atom. The van der Waals surface area contributed by atoms with Gasteiger partial charge in [0.15, 0.2) is 0 Å². The van der Waals surface area contributed by atoms with Gasteiger partial charge < -0.3 is 4.90 Å². The van der Waals surface area contributed by atoms with E-state index >= 15 is 0 Å². The second kappa shape index (κ2) is 7.78. The zero-order valence-electron chi connectivity index (χ0n) is 14.9. The number of amides is 1. The van der Waals surface area contributed by atoms with E-state index in [-0.39, 0.29) is 17.2 Å². The van der Waals surface area contributed by atoms with Crippen molar-refractivity contribution >= 4 is 11.6 Å². The fourth-order valence-corrected chi connectivity index (χ4v) is 2.86. The van der Waals surface area contributed by atoms with Crippen LogP contribution in [0, 0.1) is 6.92 Å². The third kappa shape index (κ3) is 3.72. The molecule has 0 fully saturated rings. The zero-order chi connectivity index (χ0) is 18.5. The Morgan fingerprint density at radius 2 is 1.69 bits per heavy atom. The number of rotatable bonds is 5. The lowest BCUT2D eigenvalue weighted by atomic mass is 10.1. The molecule has 0 aliphatic rings. The lowest BCUT2D eigenvalue weighted by Gasteiger charge is -2.22. The summed E-state index contributed by atoms with van der Waals surface area (Å²) >= 11 is 0. The van der Waals surface area contributed by atoms with Crippen LogP contribution >= 0.6 is 0 Å². The van der Waals surface area contributed by atoms with E-state index in [2.05, 4.69) is 5.10 Å². The van der Waals surface area contributed by atoms with Gasteiger partial charge in [0.25, 0.3) is 11.5 Å². The maximum Gasteiger partial charge on any atom is 0.278 e. The van der Waals surface area contributed by atoms with Crippen LogP contribution in [0.2, 0.25) is 0 Å². The lowest BCUT2D eigenvalue weighted by molar-refractivity contribution is 0.0981. The number of para-hydroxylation sites is 1. The summed E-state index contributed by atoms with van der Waals surface area (Å²) in [6.07, 6.45) is 0. The van der Waals surface area contributed by atoms with Crippen molar-refractivity contribution in [2.45, 2.75) is 20.4 Å². The van der Waals surface area contributed by atoms with Gasteiger partial charge in [0.1, 0.15) is 5.69 Å². The molecule has 0 saturated carbocycles. The largest absolute Gasteiger partial charge is 0.307 e. The molecule has 26 heavy (non-hydrogen) atoms. The van der Waals surface area contributed by atoms with Gasteiger partial charge in [0.05, 0.1) is 6.54 Å². The van der Waals surface area contributed by atoms with Crippen LogP contribution in [0.25, 0.3) is 0 Å². The molecule has 2 aromatic carbocycles. The minimum atomic E-state index is -0.232. The van der Waals surface area contributed by atoms with Crippen LogP contribution < -0.4 is 10.5 Å². The molecule has 0 N–H and O–H groups in total. The van der Waals surface area contributed by atoms with Crippen LogP contribution in [0.1, 0.15) is 28.5 Å². The molecule has 132 valence electrons. The van der Waals surface area contributed by atoms with E-state index in [1.165, 1.54) is 16.8 Å². The monoisotopic (exact) mass is 347 g/mol. The average Bonchev–Trinajstić information content (AvgIpc) is 2.66. The summed E-state index contributed by atoms with van der Waals surface area (Å²) < 4.78 is 1.33. The van der Waals surface area contributed by atoms with Gasteiger partial charge >= 0.3 is 0 Å². The number of aryl methyl sites for hydroxylation is 1. The summed E-state index contributed by atoms with van der Waals surface area (Å²) in [4.78, 5) is 26.8. The smallest absolute Gasteiger partial charge is 0.278 e. The minimum Gasteiger partial charge on any atom is -0.307 e. The molecule has 0 unspecified atom stereocenters. The van der Waals surface area contributed by atoms with Crippen LogP contribution in [-0.2, 0) is 6.54 Å². The second-order valence-electron chi connectivity index (χ2n) is 6.04. The van der Waals surface area contributed by atoms with E-state index in [0.29, 0.717) is 13.1 Å². The molecule has 1 heterocycles. The van der Waals surface area contributed by atoms with Crippen LogP contribution in [-0.4, -0.2) is 22.2 Å². The van der Waals surface area contributed by atoms with E-state index in [9.17, 15) is 9.59 Å². The van der Waals surface area contributed by atoms with Crippen LogP contribution in [0.4, 0.5) is 5.69 Å². The highest BCUT2D eigenvalue weighted by Gasteiger charge is 2.19. The van der Waals surface area contributed by atoms with Gasteiger partial charge in [0, 0.05) is 18.3 Å². The van der Waals surface area contributed by atoms with Crippen molar-refractivity contribution in [2.75, 3.05) is 11.4 Å². The van der Waals surface area contributed by atoms with Crippen molar-refractivity contribution < 1.29 is 4.79 Å². The van der Waals surface area contributed by atoms with E-state index < -0.39 is 0 Å². The SMILES string of the molecule is CCN(C(=O)c1ccc(=O)n(Cc2ccccc2)n1)c1ccccc1C. The molecule has 1 amide bonds. The molecule has 5 heteroatoms. The van der Waals surface area contributed by atoms with Gasteiger partial charge in [-0.2, -0.15) is 5.10 Å². The number of hydrogen-bond donors (Lipinski definition) is 0. The molecule has 5 nitrogen and oxygen atoms in total. The average molecular weight is 347 g/mol. The maximum absolute atomic E-state index is 13.0. The first-order valence-corrected chi connectivity index (χ1v) is 8.59. The summed E-state index contributed by atoms with van der Waals surface area (Å²) in [6.45, 7) is 4.74. The third-order valence-electron chi connectivity index (χ3n) is 4.23. The molecule has 3 aromatic rings. The number of aromatic nitrogens is 2. The fourth-order valence-electron chi connectivity index (χ4n) is 2.86. The van der Waals surface area contributed by atoms with Crippen molar-refractivity contribution in [3.8, 4) is 0 Å². The number of hydrogen-bond acceptors (Lipinski definition) is 3. The fraction of sp³-hybridized carbons (Fsp3) is 0.190. The summed E-state index contributed by atoms with van der Waals surface area (Å²) in [5.74, 6) is -0.219. The Bertz CT molecular complexity index is 964. The van der Waals surface area contributed by atoms with Gasteiger partial charge in [-0.05, 0) is 37.1 Å². The van der Waals surface area contributed by atoms with Crippen molar-refractivity contribution in [3.63, 3.8) is 0 Å². The van der Waals surface area contributed by atoms with Crippen LogP contribution in [0.15, 0.2) is 71.5 Å². The van der Waals surface area contributed by atoms with Crippen molar-refractivity contribution in [1.29, 1.82) is 0 Å². The Labute approximate surface area is 152 Å². The van der Waals surface area contributed by atoms with E-state index in [1.807, 2.05) is 68.4 Å². The number of carbonyl (C=O) groups is 1. The zero-order valence-corrected chi connectivity index (χ0v) is 14.9. The summed E-state index contributed by atoms with van der Waals surface area (Å²) in [7, 11) is 0. The standard InChI is InChI=1S/C21H21N3O2/c1-3-23(19-12-8-7-9-16(19)2)21(26)18-13-14-20(25)24(22-18)15-17-10-5-4-6-11-17/h4-14H,3,15H2,1-2H3. The Hall–Kier alpha value is -3.21. The Balaban J connectivity index is 1.93. The molecule has 0 atom stereocenters.